The zero-order valence-corrected chi connectivity index (χ0v) is 11.4. The van der Waals surface area contributed by atoms with Gasteiger partial charge in [-0.25, -0.2) is 4.79 Å². The van der Waals surface area contributed by atoms with Gasteiger partial charge in [0, 0.05) is 26.6 Å². The lowest BCUT2D eigenvalue weighted by Crippen LogP contribution is -2.53. The van der Waals surface area contributed by atoms with Crippen molar-refractivity contribution < 1.29 is 24.2 Å². The van der Waals surface area contributed by atoms with Gasteiger partial charge in [-0.05, 0) is 13.3 Å². The van der Waals surface area contributed by atoms with Gasteiger partial charge in [0.25, 0.3) is 0 Å². The normalized spacial score (nSPS) is 23.2. The van der Waals surface area contributed by atoms with Crippen molar-refractivity contribution in [3.63, 3.8) is 0 Å². The summed E-state index contributed by atoms with van der Waals surface area (Å²) in [5.74, 6) is -0.852. The smallest absolute Gasteiger partial charge is 0.317 e. The molecule has 19 heavy (non-hydrogen) atoms. The van der Waals surface area contributed by atoms with Crippen LogP contribution in [0.15, 0.2) is 0 Å². The van der Waals surface area contributed by atoms with Crippen LogP contribution < -0.4 is 5.32 Å². The van der Waals surface area contributed by atoms with Crippen LogP contribution in [0.25, 0.3) is 0 Å². The van der Waals surface area contributed by atoms with Crippen molar-refractivity contribution in [3.8, 4) is 0 Å². The van der Waals surface area contributed by atoms with Gasteiger partial charge in [-0.15, -0.1) is 0 Å². The molecule has 0 aromatic rings. The highest BCUT2D eigenvalue weighted by Gasteiger charge is 2.28. The number of carboxylic acids is 1. The quantitative estimate of drug-likeness (QED) is 0.680. The molecule has 110 valence electrons. The van der Waals surface area contributed by atoms with Crippen molar-refractivity contribution in [2.75, 3.05) is 33.4 Å². The van der Waals surface area contributed by atoms with Crippen LogP contribution in [0, 0.1) is 0 Å². The molecule has 2 atom stereocenters. The van der Waals surface area contributed by atoms with Crippen LogP contribution in [0.5, 0.6) is 0 Å². The van der Waals surface area contributed by atoms with Crippen LogP contribution in [0.3, 0.4) is 0 Å². The Morgan fingerprint density at radius 1 is 1.47 bits per heavy atom. The van der Waals surface area contributed by atoms with Crippen LogP contribution in [0.4, 0.5) is 4.79 Å². The monoisotopic (exact) mass is 274 g/mol. The third kappa shape index (κ3) is 5.89. The molecule has 0 saturated carbocycles. The summed E-state index contributed by atoms with van der Waals surface area (Å²) in [6.07, 6.45) is 0.353. The molecule has 1 heterocycles. The number of carbonyl (C=O) groups excluding carboxylic acids is 1. The van der Waals surface area contributed by atoms with Crippen molar-refractivity contribution in [1.29, 1.82) is 0 Å². The fraction of sp³-hybridized carbons (Fsp3) is 0.833. The first-order chi connectivity index (χ1) is 9.02. The van der Waals surface area contributed by atoms with Crippen molar-refractivity contribution in [2.24, 2.45) is 0 Å². The van der Waals surface area contributed by atoms with Gasteiger partial charge in [0.2, 0.25) is 0 Å². The third-order valence-corrected chi connectivity index (χ3v) is 2.81. The average Bonchev–Trinajstić information content (AvgIpc) is 2.34. The SMILES string of the molecule is COCC1CN(C(=O)NCCCC(=O)O)CC(C)O1. The lowest BCUT2D eigenvalue weighted by molar-refractivity contribution is -0.137. The Kier molecular flexibility index (Phi) is 6.58. The Morgan fingerprint density at radius 3 is 2.84 bits per heavy atom. The Labute approximate surface area is 112 Å². The van der Waals surface area contributed by atoms with E-state index in [0.29, 0.717) is 32.7 Å². The highest BCUT2D eigenvalue weighted by molar-refractivity contribution is 5.74. The number of urea groups is 1. The number of morpholine rings is 1. The Bertz CT molecular complexity index is 310. The van der Waals surface area contributed by atoms with Crippen LogP contribution in [0.1, 0.15) is 19.8 Å². The highest BCUT2D eigenvalue weighted by Crippen LogP contribution is 2.11. The number of nitrogens with zero attached hydrogens (tertiary/aromatic N) is 1. The molecule has 7 nitrogen and oxygen atoms in total. The molecule has 1 saturated heterocycles. The molecule has 1 fully saturated rings. The minimum absolute atomic E-state index is 0.0290. The standard InChI is InChI=1S/C12H22N2O5/c1-9-6-14(7-10(19-9)8-18-2)12(17)13-5-3-4-11(15)16/h9-10H,3-8H2,1-2H3,(H,13,17)(H,15,16). The van der Waals surface area contributed by atoms with Gasteiger partial charge < -0.3 is 24.8 Å². The Balaban J connectivity index is 2.32. The predicted molar refractivity (Wildman–Crippen MR) is 68.1 cm³/mol. The minimum atomic E-state index is -0.852. The number of carbonyl (C=O) groups is 2. The summed E-state index contributed by atoms with van der Waals surface area (Å²) in [4.78, 5) is 23.9. The molecule has 2 N–H and O–H groups in total. The van der Waals surface area contributed by atoms with Crippen molar-refractivity contribution in [2.45, 2.75) is 32.0 Å². The van der Waals surface area contributed by atoms with E-state index in [-0.39, 0.29) is 24.7 Å². The zero-order chi connectivity index (χ0) is 14.3. The molecule has 0 radical (unpaired) electrons. The summed E-state index contributed by atoms with van der Waals surface area (Å²) < 4.78 is 10.7. The van der Waals surface area contributed by atoms with Gasteiger partial charge in [-0.1, -0.05) is 0 Å². The highest BCUT2D eigenvalue weighted by atomic mass is 16.5. The van der Waals surface area contributed by atoms with E-state index in [1.165, 1.54) is 0 Å². The zero-order valence-electron chi connectivity index (χ0n) is 11.4. The Hall–Kier alpha value is -1.34. The molecule has 7 heteroatoms. The molecular formula is C12H22N2O5. The number of rotatable bonds is 6. The average molecular weight is 274 g/mol. The fourth-order valence-corrected chi connectivity index (χ4v) is 2.04. The number of nitrogens with one attached hydrogen (secondary N) is 1. The topological polar surface area (TPSA) is 88.1 Å². The second-order valence-electron chi connectivity index (χ2n) is 4.66. The first kappa shape index (κ1) is 15.7. The lowest BCUT2D eigenvalue weighted by atomic mass is 10.2. The van der Waals surface area contributed by atoms with Gasteiger partial charge in [-0.2, -0.15) is 0 Å². The summed E-state index contributed by atoms with van der Waals surface area (Å²) in [6, 6.07) is -0.179. The van der Waals surface area contributed by atoms with E-state index in [9.17, 15) is 9.59 Å². The number of hydrogen-bond acceptors (Lipinski definition) is 4. The second kappa shape index (κ2) is 7.96. The van der Waals surface area contributed by atoms with E-state index in [4.69, 9.17) is 14.6 Å². The van der Waals surface area contributed by atoms with Crippen molar-refractivity contribution >= 4 is 12.0 Å². The van der Waals surface area contributed by atoms with Crippen LogP contribution in [-0.4, -0.2) is 67.6 Å². The molecule has 0 bridgehead atoms. The third-order valence-electron chi connectivity index (χ3n) is 2.81. The van der Waals surface area contributed by atoms with E-state index in [1.807, 2.05) is 6.92 Å². The number of ether oxygens (including phenoxy) is 2. The number of aliphatic carboxylic acids is 1. The molecule has 0 aromatic carbocycles. The number of carboxylic acid groups (broad SMARTS) is 1. The van der Waals surface area contributed by atoms with Gasteiger partial charge >= 0.3 is 12.0 Å². The van der Waals surface area contributed by atoms with E-state index < -0.39 is 5.97 Å². The molecular weight excluding hydrogens is 252 g/mol. The van der Waals surface area contributed by atoms with Gasteiger partial charge in [0.15, 0.2) is 0 Å². The molecule has 0 spiro atoms. The van der Waals surface area contributed by atoms with Gasteiger partial charge in [0.05, 0.1) is 25.4 Å². The molecule has 0 aromatic heterocycles. The lowest BCUT2D eigenvalue weighted by Gasteiger charge is -2.36. The summed E-state index contributed by atoms with van der Waals surface area (Å²) in [5.41, 5.74) is 0. The molecule has 2 amide bonds. The van der Waals surface area contributed by atoms with Crippen LogP contribution in [0.2, 0.25) is 0 Å². The fourth-order valence-electron chi connectivity index (χ4n) is 2.04. The Morgan fingerprint density at radius 2 is 2.21 bits per heavy atom. The first-order valence-corrected chi connectivity index (χ1v) is 6.42. The summed E-state index contributed by atoms with van der Waals surface area (Å²) in [5, 5.41) is 11.2. The molecule has 1 aliphatic heterocycles. The molecule has 2 unspecified atom stereocenters. The maximum absolute atomic E-state index is 11.9. The molecule has 0 aliphatic carbocycles. The number of hydrogen-bond donors (Lipinski definition) is 2. The summed E-state index contributed by atoms with van der Waals surface area (Å²) in [6.45, 7) is 3.75. The summed E-state index contributed by atoms with van der Waals surface area (Å²) in [7, 11) is 1.60. The van der Waals surface area contributed by atoms with Crippen LogP contribution >= 0.6 is 0 Å². The van der Waals surface area contributed by atoms with Gasteiger partial charge in [-0.3, -0.25) is 4.79 Å². The molecule has 1 aliphatic rings. The van der Waals surface area contributed by atoms with Crippen molar-refractivity contribution in [1.82, 2.24) is 10.2 Å². The minimum Gasteiger partial charge on any atom is -0.481 e. The maximum Gasteiger partial charge on any atom is 0.317 e. The number of amides is 2. The van der Waals surface area contributed by atoms with E-state index in [0.717, 1.165) is 0 Å². The summed E-state index contributed by atoms with van der Waals surface area (Å²) >= 11 is 0. The molecule has 1 rings (SSSR count). The van der Waals surface area contributed by atoms with Gasteiger partial charge in [0.1, 0.15) is 0 Å². The largest absolute Gasteiger partial charge is 0.481 e. The van der Waals surface area contributed by atoms with Crippen LogP contribution in [-0.2, 0) is 14.3 Å². The van der Waals surface area contributed by atoms with E-state index in [2.05, 4.69) is 5.32 Å². The maximum atomic E-state index is 11.9. The number of methoxy groups -OCH3 is 1. The predicted octanol–water partition coefficient (Wildman–Crippen LogP) is 0.297. The first-order valence-electron chi connectivity index (χ1n) is 6.42. The van der Waals surface area contributed by atoms with E-state index in [1.54, 1.807) is 12.0 Å². The second-order valence-corrected chi connectivity index (χ2v) is 4.66. The van der Waals surface area contributed by atoms with Crippen molar-refractivity contribution in [3.05, 3.63) is 0 Å². The van der Waals surface area contributed by atoms with E-state index >= 15 is 0 Å².